The largest absolute Gasteiger partial charge is 0.309 e. The number of hydrogen-bond donors (Lipinski definition) is 0. The molecule has 1 saturated carbocycles. The molecule has 0 aromatic rings. The second-order valence-electron chi connectivity index (χ2n) is 3.83. The molecule has 1 aliphatic rings. The van der Waals surface area contributed by atoms with Gasteiger partial charge in [-0.3, -0.25) is 0 Å². The summed E-state index contributed by atoms with van der Waals surface area (Å²) < 4.78 is 0. The molecule has 0 aliphatic heterocycles. The van der Waals surface area contributed by atoms with Crippen molar-refractivity contribution >= 4 is 5.94 Å². The highest BCUT2D eigenvalue weighted by molar-refractivity contribution is 5.64. The van der Waals surface area contributed by atoms with Gasteiger partial charge >= 0.3 is 0 Å². The van der Waals surface area contributed by atoms with E-state index in [1.54, 1.807) is 0 Å². The smallest absolute Gasteiger partial charge is 0.125 e. The van der Waals surface area contributed by atoms with Crippen LogP contribution in [-0.4, -0.2) is 56.5 Å². The summed E-state index contributed by atoms with van der Waals surface area (Å²) in [6.45, 7) is 0.952. The van der Waals surface area contributed by atoms with E-state index in [1.165, 1.54) is 0 Å². The first-order chi connectivity index (χ1) is 5.57. The van der Waals surface area contributed by atoms with Crippen LogP contribution in [0, 0.1) is 5.92 Å². The first-order valence-corrected chi connectivity index (χ1v) is 4.14. The maximum atomic E-state index is 10.5. The molecule has 0 aromatic carbocycles. The summed E-state index contributed by atoms with van der Waals surface area (Å²) in [6, 6.07) is 0.338. The van der Waals surface area contributed by atoms with E-state index < -0.39 is 0 Å². The average molecular weight is 168 g/mol. The molecule has 68 valence electrons. The summed E-state index contributed by atoms with van der Waals surface area (Å²) in [5.41, 5.74) is 0.925. The molecule has 2 atom stereocenters. The van der Waals surface area contributed by atoms with Crippen LogP contribution in [0.4, 0.5) is 0 Å². The van der Waals surface area contributed by atoms with Gasteiger partial charge in [0.25, 0.3) is 0 Å². The summed E-state index contributed by atoms with van der Waals surface area (Å²) in [7, 11) is 8.04. The van der Waals surface area contributed by atoms with E-state index in [0.29, 0.717) is 12.0 Å². The molecule has 0 saturated heterocycles. The summed E-state index contributed by atoms with van der Waals surface area (Å²) in [5, 5.41) is 0. The van der Waals surface area contributed by atoms with Gasteiger partial charge in [0.1, 0.15) is 5.94 Å². The molecule has 3 heteroatoms. The second-order valence-corrected chi connectivity index (χ2v) is 3.83. The van der Waals surface area contributed by atoms with Gasteiger partial charge in [-0.1, -0.05) is 0 Å². The number of hydrogen-bond acceptors (Lipinski definition) is 3. The fourth-order valence-corrected chi connectivity index (χ4v) is 1.67. The van der Waals surface area contributed by atoms with Crippen LogP contribution in [0.2, 0.25) is 0 Å². The zero-order valence-corrected chi connectivity index (χ0v) is 8.16. The average Bonchev–Trinajstić information content (AvgIpc) is 2.60. The standard InChI is InChI=1S/C9H16N2O/c1-10(2)5-7-8(6-12)9(7)11(3)4/h7,9H,5H2,1-4H3. The molecule has 0 N–H and O–H groups in total. The van der Waals surface area contributed by atoms with Crippen molar-refractivity contribution in [2.24, 2.45) is 5.92 Å². The monoisotopic (exact) mass is 168 g/mol. The quantitative estimate of drug-likeness (QED) is 0.548. The molecule has 3 nitrogen and oxygen atoms in total. The fourth-order valence-electron chi connectivity index (χ4n) is 1.67. The fraction of sp³-hybridized carbons (Fsp3) is 0.778. The third-order valence-electron chi connectivity index (χ3n) is 2.23. The minimum absolute atomic E-state index is 0.338. The lowest BCUT2D eigenvalue weighted by Crippen LogP contribution is -2.22. The molecule has 0 bridgehead atoms. The van der Waals surface area contributed by atoms with Crippen molar-refractivity contribution in [3.05, 3.63) is 5.57 Å². The molecular weight excluding hydrogens is 152 g/mol. The molecule has 12 heavy (non-hydrogen) atoms. The van der Waals surface area contributed by atoms with Gasteiger partial charge in [-0.25, -0.2) is 4.79 Å². The van der Waals surface area contributed by atoms with Crippen LogP contribution in [0.15, 0.2) is 5.57 Å². The van der Waals surface area contributed by atoms with E-state index in [-0.39, 0.29) is 0 Å². The number of carbonyl (C=O) groups excluding carboxylic acids is 1. The number of nitrogens with zero attached hydrogens (tertiary/aromatic N) is 2. The SMILES string of the molecule is CN(C)CC1C(=C=O)C1N(C)C. The highest BCUT2D eigenvalue weighted by Crippen LogP contribution is 2.39. The van der Waals surface area contributed by atoms with Crippen LogP contribution in [0.1, 0.15) is 0 Å². The second kappa shape index (κ2) is 3.40. The maximum absolute atomic E-state index is 10.5. The molecule has 0 radical (unpaired) electrons. The van der Waals surface area contributed by atoms with E-state index in [0.717, 1.165) is 12.1 Å². The van der Waals surface area contributed by atoms with Crippen LogP contribution in [0.25, 0.3) is 0 Å². The number of likely N-dealkylation sites (N-methyl/N-ethyl adjacent to an activating group) is 1. The Morgan fingerprint density at radius 3 is 2.17 bits per heavy atom. The Bertz CT molecular complexity index is 217. The van der Waals surface area contributed by atoms with Gasteiger partial charge in [0.2, 0.25) is 0 Å². The van der Waals surface area contributed by atoms with Crippen LogP contribution in [-0.2, 0) is 4.79 Å². The normalized spacial score (nSPS) is 28.0. The van der Waals surface area contributed by atoms with E-state index in [2.05, 4.69) is 9.80 Å². The first-order valence-electron chi connectivity index (χ1n) is 4.14. The third-order valence-corrected chi connectivity index (χ3v) is 2.23. The highest BCUT2D eigenvalue weighted by Gasteiger charge is 2.47. The summed E-state index contributed by atoms with van der Waals surface area (Å²) in [5.74, 6) is 2.43. The molecule has 1 rings (SSSR count). The van der Waals surface area contributed by atoms with Gasteiger partial charge in [-0.15, -0.1) is 0 Å². The van der Waals surface area contributed by atoms with Crippen molar-refractivity contribution in [3.8, 4) is 0 Å². The highest BCUT2D eigenvalue weighted by atomic mass is 16.1. The Morgan fingerprint density at radius 1 is 1.33 bits per heavy atom. The molecule has 0 spiro atoms. The van der Waals surface area contributed by atoms with Crippen LogP contribution >= 0.6 is 0 Å². The van der Waals surface area contributed by atoms with Gasteiger partial charge in [0.05, 0.1) is 0 Å². The van der Waals surface area contributed by atoms with Crippen molar-refractivity contribution in [2.45, 2.75) is 6.04 Å². The van der Waals surface area contributed by atoms with Crippen molar-refractivity contribution in [1.82, 2.24) is 9.80 Å². The Hall–Kier alpha value is -0.630. The third kappa shape index (κ3) is 1.75. The van der Waals surface area contributed by atoms with Gasteiger partial charge in [-0.05, 0) is 28.2 Å². The Balaban J connectivity index is 2.54. The molecule has 1 fully saturated rings. The van der Waals surface area contributed by atoms with E-state index in [9.17, 15) is 4.79 Å². The Kier molecular flexibility index (Phi) is 2.68. The lowest BCUT2D eigenvalue weighted by molar-refractivity contribution is 0.330. The molecule has 0 heterocycles. The Labute approximate surface area is 73.6 Å². The van der Waals surface area contributed by atoms with Crippen molar-refractivity contribution in [3.63, 3.8) is 0 Å². The predicted octanol–water partition coefficient (Wildman–Crippen LogP) is -0.134. The van der Waals surface area contributed by atoms with Gasteiger partial charge in [-0.2, -0.15) is 0 Å². The van der Waals surface area contributed by atoms with Crippen molar-refractivity contribution in [2.75, 3.05) is 34.7 Å². The zero-order chi connectivity index (χ0) is 9.30. The lowest BCUT2D eigenvalue weighted by Gasteiger charge is -2.10. The molecule has 2 unspecified atom stereocenters. The van der Waals surface area contributed by atoms with E-state index >= 15 is 0 Å². The van der Waals surface area contributed by atoms with E-state index in [4.69, 9.17) is 0 Å². The summed E-state index contributed by atoms with van der Waals surface area (Å²) in [4.78, 5) is 14.6. The zero-order valence-electron chi connectivity index (χ0n) is 8.16. The molecular formula is C9H16N2O. The Morgan fingerprint density at radius 2 is 1.92 bits per heavy atom. The molecule has 0 aromatic heterocycles. The van der Waals surface area contributed by atoms with Crippen molar-refractivity contribution < 1.29 is 4.79 Å². The van der Waals surface area contributed by atoms with Gasteiger partial charge < -0.3 is 9.80 Å². The minimum Gasteiger partial charge on any atom is -0.309 e. The maximum Gasteiger partial charge on any atom is 0.125 e. The van der Waals surface area contributed by atoms with Crippen LogP contribution in [0.3, 0.4) is 0 Å². The summed E-state index contributed by atoms with van der Waals surface area (Å²) in [6.07, 6.45) is 0. The number of rotatable bonds is 3. The topological polar surface area (TPSA) is 23.6 Å². The first kappa shape index (κ1) is 9.46. The van der Waals surface area contributed by atoms with Crippen LogP contribution < -0.4 is 0 Å². The lowest BCUT2D eigenvalue weighted by atomic mass is 10.3. The van der Waals surface area contributed by atoms with Crippen molar-refractivity contribution in [1.29, 1.82) is 0 Å². The summed E-state index contributed by atoms with van der Waals surface area (Å²) >= 11 is 0. The predicted molar refractivity (Wildman–Crippen MR) is 48.7 cm³/mol. The molecule has 1 aliphatic carbocycles. The molecule has 0 amide bonds. The minimum atomic E-state index is 0.338. The van der Waals surface area contributed by atoms with Gasteiger partial charge in [0.15, 0.2) is 0 Å². The van der Waals surface area contributed by atoms with Crippen LogP contribution in [0.5, 0.6) is 0 Å². The van der Waals surface area contributed by atoms with Gasteiger partial charge in [0, 0.05) is 24.1 Å². The van der Waals surface area contributed by atoms with E-state index in [1.807, 2.05) is 34.1 Å².